The molecule has 0 unspecified atom stereocenters. The first-order chi connectivity index (χ1) is 12.9. The summed E-state index contributed by atoms with van der Waals surface area (Å²) in [5.74, 6) is 0.531. The molecule has 0 bridgehead atoms. The number of thiazole rings is 1. The number of likely N-dealkylation sites (N-methyl/N-ethyl adjacent to an activating group) is 1. The van der Waals surface area contributed by atoms with Crippen molar-refractivity contribution in [2.45, 2.75) is 40.2 Å². The van der Waals surface area contributed by atoms with Crippen molar-refractivity contribution < 1.29 is 14.3 Å². The molecule has 2 rings (SSSR count). The highest BCUT2D eigenvalue weighted by Crippen LogP contribution is 2.32. The van der Waals surface area contributed by atoms with Crippen molar-refractivity contribution in [3.8, 4) is 16.3 Å². The van der Waals surface area contributed by atoms with E-state index >= 15 is 0 Å². The van der Waals surface area contributed by atoms with E-state index in [0.29, 0.717) is 18.8 Å². The Kier molecular flexibility index (Phi) is 7.79. The molecule has 1 heterocycles. The average molecular weight is 390 g/mol. The Hall–Kier alpha value is -2.41. The van der Waals surface area contributed by atoms with Crippen LogP contribution in [0.2, 0.25) is 0 Å². The predicted octanol–water partition coefficient (Wildman–Crippen LogP) is 3.12. The number of rotatable bonds is 9. The van der Waals surface area contributed by atoms with Gasteiger partial charge in [0, 0.05) is 18.0 Å². The minimum Gasteiger partial charge on any atom is -0.493 e. The Morgan fingerprint density at radius 1 is 1.26 bits per heavy atom. The van der Waals surface area contributed by atoms with Crippen LogP contribution in [0.15, 0.2) is 29.6 Å². The first kappa shape index (κ1) is 20.9. The Bertz CT molecular complexity index is 773. The Morgan fingerprint density at radius 3 is 2.67 bits per heavy atom. The van der Waals surface area contributed by atoms with Crippen molar-refractivity contribution >= 4 is 23.2 Å². The number of nitrogens with zero attached hydrogens (tertiary/aromatic N) is 2. The van der Waals surface area contributed by atoms with E-state index in [1.807, 2.05) is 57.3 Å². The third-order valence-electron chi connectivity index (χ3n) is 3.82. The summed E-state index contributed by atoms with van der Waals surface area (Å²) in [6, 6.07) is 7.79. The zero-order valence-corrected chi connectivity index (χ0v) is 17.1. The summed E-state index contributed by atoms with van der Waals surface area (Å²) < 4.78 is 5.66. The molecule has 0 aliphatic carbocycles. The fourth-order valence-electron chi connectivity index (χ4n) is 2.62. The molecule has 1 N–H and O–H groups in total. The van der Waals surface area contributed by atoms with Crippen molar-refractivity contribution in [1.82, 2.24) is 15.2 Å². The standard InChI is InChI=1S/C20H27N3O3S/c1-5-23(12-18(24)21-14(3)4)19(25)11-15-13-27-20(22-15)16-9-7-8-10-17(16)26-6-2/h7-10,13-14H,5-6,11-12H2,1-4H3,(H,21,24). The van der Waals surface area contributed by atoms with E-state index in [0.717, 1.165) is 16.3 Å². The van der Waals surface area contributed by atoms with Crippen LogP contribution in [0, 0.1) is 0 Å². The number of aromatic nitrogens is 1. The highest BCUT2D eigenvalue weighted by Gasteiger charge is 2.18. The third-order valence-corrected chi connectivity index (χ3v) is 4.74. The lowest BCUT2D eigenvalue weighted by atomic mass is 10.2. The molecular formula is C20H27N3O3S. The van der Waals surface area contributed by atoms with Crippen molar-refractivity contribution in [3.05, 3.63) is 35.3 Å². The van der Waals surface area contributed by atoms with Crippen molar-refractivity contribution in [1.29, 1.82) is 0 Å². The van der Waals surface area contributed by atoms with Gasteiger partial charge in [0.25, 0.3) is 0 Å². The van der Waals surface area contributed by atoms with E-state index in [2.05, 4.69) is 10.3 Å². The maximum absolute atomic E-state index is 12.6. The molecule has 6 nitrogen and oxygen atoms in total. The average Bonchev–Trinajstić information content (AvgIpc) is 3.08. The molecule has 0 spiro atoms. The van der Waals surface area contributed by atoms with Gasteiger partial charge in [0.15, 0.2) is 0 Å². The normalized spacial score (nSPS) is 10.7. The smallest absolute Gasteiger partial charge is 0.239 e. The van der Waals surface area contributed by atoms with Gasteiger partial charge in [0.1, 0.15) is 10.8 Å². The molecule has 0 atom stereocenters. The zero-order valence-electron chi connectivity index (χ0n) is 16.3. The van der Waals surface area contributed by atoms with Gasteiger partial charge in [0.2, 0.25) is 11.8 Å². The molecule has 1 aromatic carbocycles. The second-order valence-corrected chi connectivity index (χ2v) is 7.24. The number of hydrogen-bond acceptors (Lipinski definition) is 5. The summed E-state index contributed by atoms with van der Waals surface area (Å²) in [5.41, 5.74) is 1.63. The van der Waals surface area contributed by atoms with Crippen molar-refractivity contribution in [3.63, 3.8) is 0 Å². The molecule has 146 valence electrons. The van der Waals surface area contributed by atoms with E-state index in [1.54, 1.807) is 4.90 Å². The monoisotopic (exact) mass is 389 g/mol. The second kappa shape index (κ2) is 10.1. The van der Waals surface area contributed by atoms with Crippen LogP contribution in [0.1, 0.15) is 33.4 Å². The lowest BCUT2D eigenvalue weighted by molar-refractivity contribution is -0.135. The van der Waals surface area contributed by atoms with E-state index < -0.39 is 0 Å². The van der Waals surface area contributed by atoms with Crippen LogP contribution in [0.25, 0.3) is 10.6 Å². The second-order valence-electron chi connectivity index (χ2n) is 6.38. The van der Waals surface area contributed by atoms with Gasteiger partial charge >= 0.3 is 0 Å². The van der Waals surface area contributed by atoms with Crippen LogP contribution in [0.4, 0.5) is 0 Å². The highest BCUT2D eigenvalue weighted by molar-refractivity contribution is 7.13. The minimum atomic E-state index is -0.148. The number of ether oxygens (including phenoxy) is 1. The van der Waals surface area contributed by atoms with Crippen LogP contribution >= 0.6 is 11.3 Å². The zero-order chi connectivity index (χ0) is 19.8. The maximum atomic E-state index is 12.6. The minimum absolute atomic E-state index is 0.0535. The van der Waals surface area contributed by atoms with Crippen LogP contribution in [0.5, 0.6) is 5.75 Å². The fourth-order valence-corrected chi connectivity index (χ4v) is 3.47. The first-order valence-corrected chi connectivity index (χ1v) is 10.1. The fraction of sp³-hybridized carbons (Fsp3) is 0.450. The highest BCUT2D eigenvalue weighted by atomic mass is 32.1. The molecule has 0 aliphatic rings. The molecule has 1 aromatic heterocycles. The summed E-state index contributed by atoms with van der Waals surface area (Å²) in [6.45, 7) is 8.73. The molecule has 7 heteroatoms. The lowest BCUT2D eigenvalue weighted by Gasteiger charge is -2.20. The Labute approximate surface area is 164 Å². The van der Waals surface area contributed by atoms with Gasteiger partial charge in [-0.2, -0.15) is 0 Å². The molecule has 0 fully saturated rings. The number of amides is 2. The number of carbonyl (C=O) groups is 2. The molecular weight excluding hydrogens is 362 g/mol. The van der Waals surface area contributed by atoms with Crippen LogP contribution in [0.3, 0.4) is 0 Å². The van der Waals surface area contributed by atoms with Crippen LogP contribution < -0.4 is 10.1 Å². The summed E-state index contributed by atoms with van der Waals surface area (Å²) in [7, 11) is 0. The predicted molar refractivity (Wildman–Crippen MR) is 108 cm³/mol. The van der Waals surface area contributed by atoms with E-state index in [-0.39, 0.29) is 30.8 Å². The van der Waals surface area contributed by atoms with E-state index in [9.17, 15) is 9.59 Å². The lowest BCUT2D eigenvalue weighted by Crippen LogP contribution is -2.43. The molecule has 0 saturated heterocycles. The van der Waals surface area contributed by atoms with Crippen molar-refractivity contribution in [2.24, 2.45) is 0 Å². The first-order valence-electron chi connectivity index (χ1n) is 9.18. The summed E-state index contributed by atoms with van der Waals surface area (Å²) in [6.07, 6.45) is 0.177. The SMILES string of the molecule is CCOc1ccccc1-c1nc(CC(=O)N(CC)CC(=O)NC(C)C)cs1. The van der Waals surface area contributed by atoms with Crippen LogP contribution in [-0.2, 0) is 16.0 Å². The number of nitrogens with one attached hydrogen (secondary N) is 1. The van der Waals surface area contributed by atoms with Gasteiger partial charge < -0.3 is 15.0 Å². The van der Waals surface area contributed by atoms with E-state index in [4.69, 9.17) is 4.74 Å². The van der Waals surface area contributed by atoms with Gasteiger partial charge in [-0.3, -0.25) is 9.59 Å². The molecule has 2 amide bonds. The van der Waals surface area contributed by atoms with Gasteiger partial charge in [-0.25, -0.2) is 4.98 Å². The maximum Gasteiger partial charge on any atom is 0.239 e. The summed E-state index contributed by atoms with van der Waals surface area (Å²) in [5, 5.41) is 5.52. The number of carbonyl (C=O) groups excluding carboxylic acids is 2. The molecule has 2 aromatic rings. The summed E-state index contributed by atoms with van der Waals surface area (Å²) in [4.78, 5) is 30.6. The Balaban J connectivity index is 2.06. The molecule has 27 heavy (non-hydrogen) atoms. The van der Waals surface area contributed by atoms with Gasteiger partial charge in [0.05, 0.1) is 30.8 Å². The van der Waals surface area contributed by atoms with Crippen LogP contribution in [-0.4, -0.2) is 47.4 Å². The molecule has 0 aliphatic heterocycles. The quantitative estimate of drug-likeness (QED) is 0.715. The van der Waals surface area contributed by atoms with Gasteiger partial charge in [-0.1, -0.05) is 12.1 Å². The number of benzene rings is 1. The van der Waals surface area contributed by atoms with Gasteiger partial charge in [-0.15, -0.1) is 11.3 Å². The number of para-hydroxylation sites is 1. The third kappa shape index (κ3) is 6.06. The summed E-state index contributed by atoms with van der Waals surface area (Å²) >= 11 is 1.49. The molecule has 0 saturated carbocycles. The van der Waals surface area contributed by atoms with E-state index in [1.165, 1.54) is 11.3 Å². The molecule has 0 radical (unpaired) electrons. The van der Waals surface area contributed by atoms with Gasteiger partial charge in [-0.05, 0) is 39.8 Å². The Morgan fingerprint density at radius 2 is 2.00 bits per heavy atom. The largest absolute Gasteiger partial charge is 0.493 e. The topological polar surface area (TPSA) is 71.5 Å². The number of hydrogen-bond donors (Lipinski definition) is 1. The van der Waals surface area contributed by atoms with Crippen molar-refractivity contribution in [2.75, 3.05) is 19.7 Å².